The molecule has 0 atom stereocenters. The van der Waals surface area contributed by atoms with E-state index in [1.54, 1.807) is 42.5 Å². The fourth-order valence-electron chi connectivity index (χ4n) is 2.77. The molecule has 26 heavy (non-hydrogen) atoms. The maximum absolute atomic E-state index is 12.5. The van der Waals surface area contributed by atoms with Gasteiger partial charge in [0.05, 0.1) is 0 Å². The molecule has 0 saturated carbocycles. The van der Waals surface area contributed by atoms with Crippen molar-refractivity contribution in [2.24, 2.45) is 0 Å². The molecular formula is C20H23N3O2S. The molecule has 2 aromatic rings. The minimum atomic E-state index is -0.142. The molecule has 0 unspecified atom stereocenters. The number of benzene rings is 1. The van der Waals surface area contributed by atoms with Gasteiger partial charge in [0.25, 0.3) is 11.8 Å². The molecule has 1 fully saturated rings. The van der Waals surface area contributed by atoms with Gasteiger partial charge in [-0.2, -0.15) is 0 Å². The molecule has 1 saturated heterocycles. The predicted molar refractivity (Wildman–Crippen MR) is 106 cm³/mol. The highest BCUT2D eigenvalue weighted by Gasteiger charge is 2.20. The second-order valence-corrected chi connectivity index (χ2v) is 7.45. The second-order valence-electron chi connectivity index (χ2n) is 6.47. The molecule has 1 aromatic carbocycles. The lowest BCUT2D eigenvalue weighted by molar-refractivity contribution is -0.112. The molecule has 2 heterocycles. The fourth-order valence-corrected chi connectivity index (χ4v) is 3.49. The summed E-state index contributed by atoms with van der Waals surface area (Å²) in [5, 5.41) is 4.85. The summed E-state index contributed by atoms with van der Waals surface area (Å²) >= 11 is 1.59. The third-order valence-electron chi connectivity index (χ3n) is 4.44. The molecule has 136 valence electrons. The molecule has 0 aliphatic carbocycles. The summed E-state index contributed by atoms with van der Waals surface area (Å²) in [6.07, 6.45) is 1.87. The molecule has 0 radical (unpaired) electrons. The van der Waals surface area contributed by atoms with Crippen LogP contribution in [0, 0.1) is 0 Å². The minimum absolute atomic E-state index is 0.0461. The average molecular weight is 369 g/mol. The van der Waals surface area contributed by atoms with E-state index in [1.807, 2.05) is 28.5 Å². The van der Waals surface area contributed by atoms with Gasteiger partial charge in [0.15, 0.2) is 0 Å². The quantitative estimate of drug-likeness (QED) is 0.842. The first-order chi connectivity index (χ1) is 12.5. The summed E-state index contributed by atoms with van der Waals surface area (Å²) in [4.78, 5) is 30.0. The third kappa shape index (κ3) is 4.59. The molecule has 0 bridgehead atoms. The largest absolute Gasteiger partial charge is 0.336 e. The van der Waals surface area contributed by atoms with Gasteiger partial charge in [0, 0.05) is 47.9 Å². The predicted octanol–water partition coefficient (Wildman–Crippen LogP) is 3.18. The molecule has 1 N–H and O–H groups in total. The first kappa shape index (κ1) is 18.4. The van der Waals surface area contributed by atoms with E-state index < -0.39 is 0 Å². The van der Waals surface area contributed by atoms with Gasteiger partial charge < -0.3 is 15.1 Å². The molecule has 0 spiro atoms. The van der Waals surface area contributed by atoms with Gasteiger partial charge in [-0.15, -0.1) is 11.3 Å². The van der Waals surface area contributed by atoms with Crippen molar-refractivity contribution in [2.45, 2.75) is 6.92 Å². The Balaban J connectivity index is 1.60. The Morgan fingerprint density at radius 2 is 1.77 bits per heavy atom. The van der Waals surface area contributed by atoms with Crippen LogP contribution in [0.5, 0.6) is 0 Å². The number of hydrogen-bond donors (Lipinski definition) is 1. The zero-order valence-corrected chi connectivity index (χ0v) is 15.9. The van der Waals surface area contributed by atoms with Gasteiger partial charge in [-0.3, -0.25) is 9.59 Å². The molecule has 5 nitrogen and oxygen atoms in total. The number of nitrogens with one attached hydrogen (secondary N) is 1. The van der Waals surface area contributed by atoms with E-state index in [2.05, 4.69) is 17.3 Å². The van der Waals surface area contributed by atoms with Crippen LogP contribution >= 0.6 is 11.3 Å². The smallest absolute Gasteiger partial charge is 0.253 e. The van der Waals surface area contributed by atoms with Crippen molar-refractivity contribution in [2.75, 3.05) is 38.5 Å². The lowest BCUT2D eigenvalue weighted by Crippen LogP contribution is -2.47. The van der Waals surface area contributed by atoms with Crippen molar-refractivity contribution >= 4 is 34.9 Å². The normalized spacial score (nSPS) is 15.8. The van der Waals surface area contributed by atoms with Gasteiger partial charge >= 0.3 is 0 Å². The first-order valence-electron chi connectivity index (χ1n) is 8.64. The molecule has 2 amide bonds. The van der Waals surface area contributed by atoms with Crippen molar-refractivity contribution in [3.63, 3.8) is 0 Å². The Hall–Kier alpha value is -2.44. The highest BCUT2D eigenvalue weighted by Crippen LogP contribution is 2.16. The number of hydrogen-bond acceptors (Lipinski definition) is 4. The summed E-state index contributed by atoms with van der Waals surface area (Å²) in [5.41, 5.74) is 1.98. The van der Waals surface area contributed by atoms with Crippen molar-refractivity contribution < 1.29 is 9.59 Å². The summed E-state index contributed by atoms with van der Waals surface area (Å²) in [6, 6.07) is 11.0. The summed E-state index contributed by atoms with van der Waals surface area (Å²) in [5.74, 6) is -0.0960. The Bertz CT molecular complexity index is 789. The van der Waals surface area contributed by atoms with Gasteiger partial charge in [-0.1, -0.05) is 6.07 Å². The summed E-state index contributed by atoms with van der Waals surface area (Å²) < 4.78 is 0. The van der Waals surface area contributed by atoms with E-state index >= 15 is 0 Å². The number of carbonyl (C=O) groups is 2. The van der Waals surface area contributed by atoms with E-state index in [1.165, 1.54) is 0 Å². The number of amides is 2. The lowest BCUT2D eigenvalue weighted by atomic mass is 10.1. The molecule has 3 rings (SSSR count). The van der Waals surface area contributed by atoms with Crippen LogP contribution in [0.15, 0.2) is 47.4 Å². The molecule has 1 aliphatic rings. The zero-order chi connectivity index (χ0) is 18.5. The molecule has 6 heteroatoms. The van der Waals surface area contributed by atoms with Crippen molar-refractivity contribution in [3.8, 4) is 0 Å². The average Bonchev–Trinajstić information content (AvgIpc) is 3.15. The Morgan fingerprint density at radius 1 is 1.08 bits per heavy atom. The van der Waals surface area contributed by atoms with Crippen LogP contribution < -0.4 is 5.32 Å². The van der Waals surface area contributed by atoms with E-state index in [4.69, 9.17) is 0 Å². The zero-order valence-electron chi connectivity index (χ0n) is 15.1. The monoisotopic (exact) mass is 369 g/mol. The summed E-state index contributed by atoms with van der Waals surface area (Å²) in [7, 11) is 2.06. The maximum atomic E-state index is 12.5. The topological polar surface area (TPSA) is 52.7 Å². The number of likely N-dealkylation sites (N-methyl/N-ethyl adjacent to an activating group) is 1. The summed E-state index contributed by atoms with van der Waals surface area (Å²) in [6.45, 7) is 5.09. The van der Waals surface area contributed by atoms with E-state index in [0.29, 0.717) is 16.8 Å². The maximum Gasteiger partial charge on any atom is 0.253 e. The molecule has 1 aliphatic heterocycles. The van der Waals surface area contributed by atoms with Crippen LogP contribution in [-0.2, 0) is 4.79 Å². The van der Waals surface area contributed by atoms with Crippen LogP contribution in [0.1, 0.15) is 22.2 Å². The van der Waals surface area contributed by atoms with E-state index in [9.17, 15) is 9.59 Å². The molecular weight excluding hydrogens is 346 g/mol. The standard InChI is InChI=1S/C20H23N3O2S/c1-15(14-18-4-3-13-26-18)19(24)21-17-7-5-16(6-8-17)20(25)23-11-9-22(2)10-12-23/h3-8,13-14H,9-12H2,1-2H3,(H,21,24)/b15-14+. The van der Waals surface area contributed by atoms with E-state index in [-0.39, 0.29) is 11.8 Å². The van der Waals surface area contributed by atoms with Crippen molar-refractivity contribution in [1.29, 1.82) is 0 Å². The lowest BCUT2D eigenvalue weighted by Gasteiger charge is -2.32. The Kier molecular flexibility index (Phi) is 5.85. The van der Waals surface area contributed by atoms with E-state index in [0.717, 1.165) is 31.1 Å². The van der Waals surface area contributed by atoms with Crippen molar-refractivity contribution in [1.82, 2.24) is 9.80 Å². The fraction of sp³-hybridized carbons (Fsp3) is 0.300. The van der Waals surface area contributed by atoms with Crippen molar-refractivity contribution in [3.05, 3.63) is 57.8 Å². The van der Waals surface area contributed by atoms with Gasteiger partial charge in [-0.25, -0.2) is 0 Å². The van der Waals surface area contributed by atoms with Gasteiger partial charge in [-0.05, 0) is 55.8 Å². The Labute approximate surface area is 157 Å². The SMILES string of the molecule is C/C(=C\c1cccs1)C(=O)Nc1ccc(C(=O)N2CCN(C)CC2)cc1. The van der Waals surface area contributed by atoms with Crippen LogP contribution in [0.25, 0.3) is 6.08 Å². The van der Waals surface area contributed by atoms with Crippen LogP contribution in [0.2, 0.25) is 0 Å². The second kappa shape index (κ2) is 8.29. The van der Waals surface area contributed by atoms with Crippen LogP contribution in [0.4, 0.5) is 5.69 Å². The number of piperazine rings is 1. The first-order valence-corrected chi connectivity index (χ1v) is 9.52. The van der Waals surface area contributed by atoms with Gasteiger partial charge in [0.2, 0.25) is 0 Å². The van der Waals surface area contributed by atoms with Gasteiger partial charge in [0.1, 0.15) is 0 Å². The number of rotatable bonds is 4. The number of anilines is 1. The van der Waals surface area contributed by atoms with Crippen LogP contribution in [-0.4, -0.2) is 54.8 Å². The highest BCUT2D eigenvalue weighted by atomic mass is 32.1. The number of thiophene rings is 1. The minimum Gasteiger partial charge on any atom is -0.336 e. The van der Waals surface area contributed by atoms with Crippen LogP contribution in [0.3, 0.4) is 0 Å². The highest BCUT2D eigenvalue weighted by molar-refractivity contribution is 7.10. The molecule has 1 aromatic heterocycles. The third-order valence-corrected chi connectivity index (χ3v) is 5.26. The Morgan fingerprint density at radius 3 is 2.38 bits per heavy atom. The number of nitrogens with zero attached hydrogens (tertiary/aromatic N) is 2. The number of carbonyl (C=O) groups excluding carboxylic acids is 2.